The Morgan fingerprint density at radius 1 is 1.43 bits per heavy atom. The number of rotatable bonds is 3. The van der Waals surface area contributed by atoms with E-state index in [1.54, 1.807) is 6.07 Å². The minimum atomic E-state index is -0.105. The first kappa shape index (κ1) is 15.8. The van der Waals surface area contributed by atoms with Crippen LogP contribution in [0, 0.1) is 6.92 Å². The van der Waals surface area contributed by atoms with Crippen molar-refractivity contribution in [3.8, 4) is 0 Å². The van der Waals surface area contributed by atoms with Crippen LogP contribution in [0.5, 0.6) is 0 Å². The van der Waals surface area contributed by atoms with Gasteiger partial charge in [0.25, 0.3) is 5.91 Å². The molecular formula is C16H26N4O. The summed E-state index contributed by atoms with van der Waals surface area (Å²) in [6.07, 6.45) is 4.15. The van der Waals surface area contributed by atoms with Crippen molar-refractivity contribution in [2.45, 2.75) is 65.5 Å². The van der Waals surface area contributed by atoms with Gasteiger partial charge in [0.15, 0.2) is 0 Å². The van der Waals surface area contributed by atoms with Crippen LogP contribution in [0.25, 0.3) is 0 Å². The van der Waals surface area contributed by atoms with Crippen LogP contribution >= 0.6 is 0 Å². The van der Waals surface area contributed by atoms with Gasteiger partial charge < -0.3 is 5.73 Å². The third-order valence-corrected chi connectivity index (χ3v) is 4.33. The van der Waals surface area contributed by atoms with Crippen molar-refractivity contribution in [1.29, 1.82) is 0 Å². The molecule has 0 aliphatic carbocycles. The number of hydrazine groups is 1. The van der Waals surface area contributed by atoms with Crippen LogP contribution in [0.15, 0.2) is 6.07 Å². The Morgan fingerprint density at radius 3 is 2.62 bits per heavy atom. The summed E-state index contributed by atoms with van der Waals surface area (Å²) in [5.74, 6) is -0.105. The topological polar surface area (TPSA) is 71.2 Å². The first-order valence-electron chi connectivity index (χ1n) is 7.79. The molecule has 0 spiro atoms. The van der Waals surface area contributed by atoms with E-state index in [4.69, 9.17) is 5.73 Å². The second kappa shape index (κ2) is 6.43. The zero-order valence-electron chi connectivity index (χ0n) is 13.4. The molecular weight excluding hydrogens is 264 g/mol. The fraction of sp³-hybridized carbons (Fsp3) is 0.625. The van der Waals surface area contributed by atoms with Crippen molar-refractivity contribution < 1.29 is 4.79 Å². The predicted octanol–water partition coefficient (Wildman–Crippen LogP) is 2.44. The molecule has 0 saturated carbocycles. The van der Waals surface area contributed by atoms with Crippen LogP contribution in [0.2, 0.25) is 0 Å². The van der Waals surface area contributed by atoms with Crippen molar-refractivity contribution in [3.05, 3.63) is 23.0 Å². The van der Waals surface area contributed by atoms with Crippen molar-refractivity contribution in [2.24, 2.45) is 0 Å². The van der Waals surface area contributed by atoms with Crippen molar-refractivity contribution in [3.63, 3.8) is 0 Å². The molecule has 21 heavy (non-hydrogen) atoms. The van der Waals surface area contributed by atoms with Gasteiger partial charge >= 0.3 is 0 Å². The fourth-order valence-corrected chi connectivity index (χ4v) is 2.96. The van der Waals surface area contributed by atoms with Crippen LogP contribution in [-0.4, -0.2) is 28.0 Å². The summed E-state index contributed by atoms with van der Waals surface area (Å²) in [6.45, 7) is 8.17. The molecule has 1 aromatic rings. The number of aryl methyl sites for hydroxylation is 2. The van der Waals surface area contributed by atoms with Gasteiger partial charge in [0.2, 0.25) is 0 Å². The molecule has 2 heterocycles. The van der Waals surface area contributed by atoms with Gasteiger partial charge in [0, 0.05) is 12.1 Å². The lowest BCUT2D eigenvalue weighted by Crippen LogP contribution is -2.54. The Morgan fingerprint density at radius 2 is 2.05 bits per heavy atom. The molecule has 5 nitrogen and oxygen atoms in total. The number of carbonyl (C=O) groups excluding carboxylic acids is 1. The minimum absolute atomic E-state index is 0.105. The molecule has 1 saturated heterocycles. The molecule has 2 rings (SSSR count). The van der Waals surface area contributed by atoms with Crippen LogP contribution in [0.1, 0.15) is 61.8 Å². The summed E-state index contributed by atoms with van der Waals surface area (Å²) in [4.78, 5) is 17.0. The average Bonchev–Trinajstić information content (AvgIpc) is 2.45. The second-order valence-electron chi connectivity index (χ2n) is 5.99. The van der Waals surface area contributed by atoms with E-state index >= 15 is 0 Å². The molecule has 1 amide bonds. The third kappa shape index (κ3) is 3.35. The summed E-state index contributed by atoms with van der Waals surface area (Å²) >= 11 is 0. The molecule has 0 bridgehead atoms. The monoisotopic (exact) mass is 290 g/mol. The van der Waals surface area contributed by atoms with E-state index in [0.717, 1.165) is 30.7 Å². The van der Waals surface area contributed by atoms with E-state index in [0.29, 0.717) is 23.3 Å². The van der Waals surface area contributed by atoms with E-state index in [9.17, 15) is 4.79 Å². The normalized spacial score (nSPS) is 23.0. The molecule has 116 valence electrons. The largest absolute Gasteiger partial charge is 0.397 e. The maximum Gasteiger partial charge on any atom is 0.267 e. The zero-order chi connectivity index (χ0) is 15.6. The van der Waals surface area contributed by atoms with Crippen molar-refractivity contribution in [2.75, 3.05) is 5.73 Å². The lowest BCUT2D eigenvalue weighted by Gasteiger charge is -2.38. The van der Waals surface area contributed by atoms with Gasteiger partial charge in [-0.25, -0.2) is 5.01 Å². The number of piperidine rings is 1. The molecule has 1 aromatic heterocycles. The maximum absolute atomic E-state index is 12.6. The second-order valence-corrected chi connectivity index (χ2v) is 5.99. The molecule has 5 heteroatoms. The lowest BCUT2D eigenvalue weighted by molar-refractivity contribution is 0.0369. The van der Waals surface area contributed by atoms with Crippen LogP contribution in [0.3, 0.4) is 0 Å². The smallest absolute Gasteiger partial charge is 0.267 e. The number of nitrogens with one attached hydrogen (secondary N) is 1. The number of pyridine rings is 1. The maximum atomic E-state index is 12.6. The molecule has 1 fully saturated rings. The predicted molar refractivity (Wildman–Crippen MR) is 84.8 cm³/mol. The highest BCUT2D eigenvalue weighted by atomic mass is 16.2. The van der Waals surface area contributed by atoms with Crippen LogP contribution in [0.4, 0.5) is 5.69 Å². The van der Waals surface area contributed by atoms with Gasteiger partial charge in [-0.3, -0.25) is 15.2 Å². The van der Waals surface area contributed by atoms with Gasteiger partial charge in [-0.05, 0) is 46.1 Å². The molecule has 2 unspecified atom stereocenters. The van der Waals surface area contributed by atoms with Crippen molar-refractivity contribution >= 4 is 11.6 Å². The fourth-order valence-electron chi connectivity index (χ4n) is 2.96. The number of anilines is 1. The van der Waals surface area contributed by atoms with E-state index in [-0.39, 0.29) is 5.91 Å². The summed E-state index contributed by atoms with van der Waals surface area (Å²) < 4.78 is 0. The Kier molecular flexibility index (Phi) is 4.83. The van der Waals surface area contributed by atoms with E-state index in [1.807, 2.05) is 13.8 Å². The Bertz CT molecular complexity index is 519. The summed E-state index contributed by atoms with van der Waals surface area (Å²) in [6, 6.07) is 2.47. The van der Waals surface area contributed by atoms with Crippen molar-refractivity contribution in [1.82, 2.24) is 15.4 Å². The van der Waals surface area contributed by atoms with Gasteiger partial charge in [-0.1, -0.05) is 13.3 Å². The van der Waals surface area contributed by atoms with Gasteiger partial charge in [0.05, 0.1) is 22.6 Å². The lowest BCUT2D eigenvalue weighted by atomic mass is 10.00. The first-order chi connectivity index (χ1) is 9.93. The molecule has 3 N–H and O–H groups in total. The number of hydrogen-bond donors (Lipinski definition) is 2. The summed E-state index contributed by atoms with van der Waals surface area (Å²) in [7, 11) is 0. The SMILES string of the molecule is CCc1nc(C)c(N)cc1C(=O)NN1C(C)CCCC1C. The van der Waals surface area contributed by atoms with Gasteiger partial charge in [-0.15, -0.1) is 0 Å². The number of nitrogen functional groups attached to an aromatic ring is 1. The number of hydrogen-bond acceptors (Lipinski definition) is 4. The molecule has 2 atom stereocenters. The standard InChI is InChI=1S/C16H26N4O/c1-5-15-13(9-14(17)12(4)18-15)16(21)19-20-10(2)7-6-8-11(20)3/h9-11H,5-8,17H2,1-4H3,(H,19,21). The highest BCUT2D eigenvalue weighted by molar-refractivity contribution is 5.95. The quantitative estimate of drug-likeness (QED) is 0.897. The Balaban J connectivity index is 2.22. The average molecular weight is 290 g/mol. The molecule has 1 aliphatic rings. The Labute approximate surface area is 126 Å². The number of aromatic nitrogens is 1. The van der Waals surface area contributed by atoms with Gasteiger partial charge in [-0.2, -0.15) is 0 Å². The molecule has 0 aromatic carbocycles. The number of carbonyl (C=O) groups is 1. The Hall–Kier alpha value is -1.62. The minimum Gasteiger partial charge on any atom is -0.397 e. The van der Waals surface area contributed by atoms with E-state index < -0.39 is 0 Å². The number of nitrogens with zero attached hydrogens (tertiary/aromatic N) is 2. The zero-order valence-corrected chi connectivity index (χ0v) is 13.4. The number of amides is 1. The first-order valence-corrected chi connectivity index (χ1v) is 7.79. The third-order valence-electron chi connectivity index (χ3n) is 4.33. The van der Waals surface area contributed by atoms with Crippen LogP contribution in [-0.2, 0) is 6.42 Å². The number of nitrogens with two attached hydrogens (primary N) is 1. The molecule has 0 radical (unpaired) electrons. The highest BCUT2D eigenvalue weighted by Crippen LogP contribution is 2.21. The molecule has 1 aliphatic heterocycles. The summed E-state index contributed by atoms with van der Waals surface area (Å²) in [5.41, 5.74) is 11.7. The van der Waals surface area contributed by atoms with E-state index in [1.165, 1.54) is 6.42 Å². The summed E-state index contributed by atoms with van der Waals surface area (Å²) in [5, 5.41) is 2.07. The van der Waals surface area contributed by atoms with Crippen LogP contribution < -0.4 is 11.2 Å². The highest BCUT2D eigenvalue weighted by Gasteiger charge is 2.27. The van der Waals surface area contributed by atoms with Gasteiger partial charge in [0.1, 0.15) is 0 Å². The van der Waals surface area contributed by atoms with E-state index in [2.05, 4.69) is 29.3 Å².